The molecule has 3 rings (SSSR count). The van der Waals surface area contributed by atoms with Gasteiger partial charge in [-0.2, -0.15) is 0 Å². The van der Waals surface area contributed by atoms with Crippen molar-refractivity contribution in [3.05, 3.63) is 60.2 Å². The first-order valence-corrected chi connectivity index (χ1v) is 8.70. The minimum absolute atomic E-state index is 0. The maximum absolute atomic E-state index is 12.2. The summed E-state index contributed by atoms with van der Waals surface area (Å²) in [6.45, 7) is 3.44. The first kappa shape index (κ1) is 20.2. The Bertz CT molecular complexity index is 696. The lowest BCUT2D eigenvalue weighted by atomic mass is 10.0. The number of hydrogen-bond donors (Lipinski definition) is 2. The highest BCUT2D eigenvalue weighted by Gasteiger charge is 2.26. The van der Waals surface area contributed by atoms with Crippen molar-refractivity contribution >= 4 is 24.0 Å². The lowest BCUT2D eigenvalue weighted by Crippen LogP contribution is -2.46. The van der Waals surface area contributed by atoms with Crippen molar-refractivity contribution in [2.75, 3.05) is 38.6 Å². The van der Waals surface area contributed by atoms with Crippen molar-refractivity contribution in [1.29, 1.82) is 0 Å². The predicted molar refractivity (Wildman–Crippen MR) is 107 cm³/mol. The monoisotopic (exact) mass is 375 g/mol. The van der Waals surface area contributed by atoms with Crippen molar-refractivity contribution in [3.8, 4) is 5.75 Å². The van der Waals surface area contributed by atoms with Gasteiger partial charge in [-0.05, 0) is 18.2 Å². The second kappa shape index (κ2) is 10.2. The van der Waals surface area contributed by atoms with Crippen LogP contribution in [0.25, 0.3) is 0 Å². The highest BCUT2D eigenvalue weighted by atomic mass is 35.5. The lowest BCUT2D eigenvalue weighted by molar-refractivity contribution is -0.116. The number of anilines is 1. The number of halogens is 1. The van der Waals surface area contributed by atoms with Crippen LogP contribution in [0.1, 0.15) is 18.0 Å². The van der Waals surface area contributed by atoms with Crippen LogP contribution in [0, 0.1) is 0 Å². The summed E-state index contributed by atoms with van der Waals surface area (Å²) in [5.41, 5.74) is 2.01. The van der Waals surface area contributed by atoms with Gasteiger partial charge in [-0.15, -0.1) is 12.4 Å². The Balaban J connectivity index is 0.00000243. The van der Waals surface area contributed by atoms with Crippen LogP contribution < -0.4 is 15.4 Å². The molecule has 1 aliphatic heterocycles. The smallest absolute Gasteiger partial charge is 0.225 e. The third kappa shape index (κ3) is 5.21. The molecule has 2 aromatic carbocycles. The number of benzene rings is 2. The summed E-state index contributed by atoms with van der Waals surface area (Å²) in [4.78, 5) is 14.6. The third-order valence-corrected chi connectivity index (χ3v) is 4.54. The highest BCUT2D eigenvalue weighted by Crippen LogP contribution is 2.30. The molecular formula is C20H26ClN3O2. The first-order chi connectivity index (χ1) is 12.3. The standard InChI is InChI=1S/C20H25N3O2.ClH/c1-25-19-10-6-5-9-17(19)18-15-21-12-14-23(18)13-11-20(24)22-16-7-3-2-4-8-16;/h2-10,18,21H,11-15H2,1H3,(H,22,24);1H. The van der Waals surface area contributed by atoms with Crippen molar-refractivity contribution in [3.63, 3.8) is 0 Å². The van der Waals surface area contributed by atoms with E-state index in [1.807, 2.05) is 48.5 Å². The molecule has 5 nitrogen and oxygen atoms in total. The summed E-state index contributed by atoms with van der Waals surface area (Å²) < 4.78 is 5.52. The number of nitrogens with zero attached hydrogens (tertiary/aromatic N) is 1. The molecule has 1 aliphatic rings. The summed E-state index contributed by atoms with van der Waals surface area (Å²) in [5, 5.41) is 6.40. The fraction of sp³-hybridized carbons (Fsp3) is 0.350. The Morgan fingerprint density at radius 2 is 1.92 bits per heavy atom. The van der Waals surface area contributed by atoms with Crippen LogP contribution in [-0.2, 0) is 4.79 Å². The van der Waals surface area contributed by atoms with Gasteiger partial charge in [-0.1, -0.05) is 36.4 Å². The molecule has 0 aromatic heterocycles. The molecule has 1 atom stereocenters. The normalized spacial score (nSPS) is 17.2. The average Bonchev–Trinajstić information content (AvgIpc) is 2.67. The van der Waals surface area contributed by atoms with E-state index in [-0.39, 0.29) is 24.4 Å². The molecule has 0 saturated carbocycles. The van der Waals surface area contributed by atoms with Gasteiger partial charge in [0.2, 0.25) is 5.91 Å². The molecule has 2 N–H and O–H groups in total. The molecule has 26 heavy (non-hydrogen) atoms. The number of ether oxygens (including phenoxy) is 1. The molecular weight excluding hydrogens is 350 g/mol. The molecule has 1 fully saturated rings. The highest BCUT2D eigenvalue weighted by molar-refractivity contribution is 5.90. The van der Waals surface area contributed by atoms with Crippen molar-refractivity contribution in [2.24, 2.45) is 0 Å². The zero-order chi connectivity index (χ0) is 17.5. The van der Waals surface area contributed by atoms with Crippen LogP contribution in [0.4, 0.5) is 5.69 Å². The van der Waals surface area contributed by atoms with Gasteiger partial charge in [0.1, 0.15) is 5.75 Å². The number of piperazine rings is 1. The van der Waals surface area contributed by atoms with E-state index in [4.69, 9.17) is 4.74 Å². The van der Waals surface area contributed by atoms with Crippen molar-refractivity contribution in [1.82, 2.24) is 10.2 Å². The number of amides is 1. The molecule has 1 saturated heterocycles. The number of carbonyl (C=O) groups excluding carboxylic acids is 1. The minimum Gasteiger partial charge on any atom is -0.496 e. The van der Waals surface area contributed by atoms with Gasteiger partial charge in [-0.25, -0.2) is 0 Å². The summed E-state index contributed by atoms with van der Waals surface area (Å²) in [5.74, 6) is 0.943. The van der Waals surface area contributed by atoms with Gasteiger partial charge in [0.25, 0.3) is 0 Å². The number of carbonyl (C=O) groups is 1. The van der Waals surface area contributed by atoms with Crippen LogP contribution >= 0.6 is 12.4 Å². The van der Waals surface area contributed by atoms with Crippen LogP contribution in [0.2, 0.25) is 0 Å². The van der Waals surface area contributed by atoms with Crippen LogP contribution in [0.3, 0.4) is 0 Å². The van der Waals surface area contributed by atoms with Gasteiger partial charge in [0.15, 0.2) is 0 Å². The number of para-hydroxylation sites is 2. The Hall–Kier alpha value is -2.08. The number of rotatable bonds is 6. The molecule has 0 aliphatic carbocycles. The van der Waals surface area contributed by atoms with E-state index in [0.29, 0.717) is 6.42 Å². The third-order valence-electron chi connectivity index (χ3n) is 4.54. The van der Waals surface area contributed by atoms with E-state index in [9.17, 15) is 4.79 Å². The van der Waals surface area contributed by atoms with Crippen molar-refractivity contribution < 1.29 is 9.53 Å². The van der Waals surface area contributed by atoms with Gasteiger partial charge in [-0.3, -0.25) is 9.69 Å². The zero-order valence-corrected chi connectivity index (χ0v) is 15.8. The van der Waals surface area contributed by atoms with Gasteiger partial charge in [0, 0.05) is 43.9 Å². The van der Waals surface area contributed by atoms with Crippen LogP contribution in [0.15, 0.2) is 54.6 Å². The molecule has 6 heteroatoms. The van der Waals surface area contributed by atoms with E-state index in [1.165, 1.54) is 5.56 Å². The quantitative estimate of drug-likeness (QED) is 0.814. The van der Waals surface area contributed by atoms with E-state index in [1.54, 1.807) is 7.11 Å². The summed E-state index contributed by atoms with van der Waals surface area (Å²) in [6.07, 6.45) is 0.473. The molecule has 2 aromatic rings. The lowest BCUT2D eigenvalue weighted by Gasteiger charge is -2.37. The van der Waals surface area contributed by atoms with E-state index in [2.05, 4.69) is 21.6 Å². The van der Waals surface area contributed by atoms with E-state index >= 15 is 0 Å². The molecule has 140 valence electrons. The number of nitrogens with one attached hydrogen (secondary N) is 2. The maximum atomic E-state index is 12.2. The fourth-order valence-electron chi connectivity index (χ4n) is 3.25. The second-order valence-electron chi connectivity index (χ2n) is 6.16. The van der Waals surface area contributed by atoms with Crippen LogP contribution in [0.5, 0.6) is 5.75 Å². The van der Waals surface area contributed by atoms with Gasteiger partial charge >= 0.3 is 0 Å². The fourth-order valence-corrected chi connectivity index (χ4v) is 3.25. The summed E-state index contributed by atoms with van der Waals surface area (Å²) in [7, 11) is 1.70. The van der Waals surface area contributed by atoms with Crippen LogP contribution in [-0.4, -0.2) is 44.1 Å². The second-order valence-corrected chi connectivity index (χ2v) is 6.16. The molecule has 1 unspecified atom stereocenters. The number of hydrogen-bond acceptors (Lipinski definition) is 4. The molecule has 0 spiro atoms. The van der Waals surface area contributed by atoms with Gasteiger partial charge in [0.05, 0.1) is 13.2 Å². The van der Waals surface area contributed by atoms with Gasteiger partial charge < -0.3 is 15.4 Å². The average molecular weight is 376 g/mol. The summed E-state index contributed by atoms with van der Waals surface area (Å²) in [6, 6.07) is 17.9. The number of methoxy groups -OCH3 is 1. The molecule has 1 heterocycles. The molecule has 1 amide bonds. The topological polar surface area (TPSA) is 53.6 Å². The molecule has 0 bridgehead atoms. The Labute approximate surface area is 161 Å². The largest absolute Gasteiger partial charge is 0.496 e. The predicted octanol–water partition coefficient (Wildman–Crippen LogP) is 3.09. The van der Waals surface area contributed by atoms with E-state index in [0.717, 1.165) is 37.6 Å². The SMILES string of the molecule is COc1ccccc1C1CNCCN1CCC(=O)Nc1ccccc1.Cl. The van der Waals surface area contributed by atoms with Crippen molar-refractivity contribution in [2.45, 2.75) is 12.5 Å². The zero-order valence-electron chi connectivity index (χ0n) is 15.0. The Morgan fingerprint density at radius 3 is 2.69 bits per heavy atom. The summed E-state index contributed by atoms with van der Waals surface area (Å²) >= 11 is 0. The Morgan fingerprint density at radius 1 is 1.19 bits per heavy atom. The first-order valence-electron chi connectivity index (χ1n) is 8.70. The minimum atomic E-state index is 0. The van der Waals surface area contributed by atoms with E-state index < -0.39 is 0 Å². The Kier molecular flexibility index (Phi) is 7.91. The molecule has 0 radical (unpaired) electrons. The maximum Gasteiger partial charge on any atom is 0.225 e.